The number of carboxylic acid groups (broad SMARTS) is 1. The zero-order chi connectivity index (χ0) is 29.5. The van der Waals surface area contributed by atoms with Crippen LogP contribution in [0.1, 0.15) is 91.0 Å². The van der Waals surface area contributed by atoms with Gasteiger partial charge in [0.05, 0.1) is 19.1 Å². The van der Waals surface area contributed by atoms with Crippen LogP contribution < -0.4 is 14.8 Å². The minimum atomic E-state index is -2.08. The third-order valence-electron chi connectivity index (χ3n) is 6.36. The largest absolute Gasteiger partial charge is 0.513 e. The van der Waals surface area contributed by atoms with Crippen LogP contribution in [0.5, 0.6) is 11.5 Å². The van der Waals surface area contributed by atoms with Crippen LogP contribution >= 0.6 is 0 Å². The maximum atomic E-state index is 13.0. The first kappa shape index (κ1) is 32.9. The van der Waals surface area contributed by atoms with Gasteiger partial charge in [-0.1, -0.05) is 52.0 Å². The van der Waals surface area contributed by atoms with E-state index in [-0.39, 0.29) is 43.1 Å². The first-order chi connectivity index (χ1) is 19.1. The van der Waals surface area contributed by atoms with Crippen LogP contribution in [0.3, 0.4) is 0 Å². The van der Waals surface area contributed by atoms with Gasteiger partial charge in [-0.2, -0.15) is 0 Å². The first-order valence-electron chi connectivity index (χ1n) is 14.2. The molecule has 0 aromatic heterocycles. The quantitative estimate of drug-likeness (QED) is 0.0879. The molecule has 2 N–H and O–H groups in total. The van der Waals surface area contributed by atoms with Gasteiger partial charge in [0.25, 0.3) is 5.72 Å². The number of aliphatic carboxylic acids is 1. The van der Waals surface area contributed by atoms with Crippen molar-refractivity contribution < 1.29 is 48.0 Å². The monoisotopic (exact) mass is 565 g/mol. The van der Waals surface area contributed by atoms with Crippen LogP contribution in [-0.4, -0.2) is 54.3 Å². The minimum Gasteiger partial charge on any atom is -0.477 e. The van der Waals surface area contributed by atoms with Crippen LogP contribution in [0.2, 0.25) is 0 Å². The summed E-state index contributed by atoms with van der Waals surface area (Å²) >= 11 is 0. The molecule has 0 heterocycles. The van der Waals surface area contributed by atoms with Gasteiger partial charge in [0, 0.05) is 12.5 Å². The summed E-state index contributed by atoms with van der Waals surface area (Å²) in [6, 6.07) is 3.86. The standard InChI is InChI=1S/C29H43NO10/c1-5-7-16-36-27(34)38-23-15-14-21(18-24(23)39-28(35)37-17-8-6-2)19-29(26(32)33,30-20(3)4)40-25(31)22-12-10-9-11-13-22/h14-15,18,20,22,30H,5-13,16-17,19H2,1-4H3,(H,32,33)/t29-/m0/s1. The van der Waals surface area contributed by atoms with Crippen molar-refractivity contribution in [3.8, 4) is 11.5 Å². The van der Waals surface area contributed by atoms with E-state index in [1.807, 2.05) is 13.8 Å². The predicted molar refractivity (Wildman–Crippen MR) is 145 cm³/mol. The topological polar surface area (TPSA) is 147 Å². The molecule has 11 nitrogen and oxygen atoms in total. The normalized spacial score (nSPS) is 15.1. The molecular weight excluding hydrogens is 522 g/mol. The molecule has 0 unspecified atom stereocenters. The summed E-state index contributed by atoms with van der Waals surface area (Å²) in [7, 11) is 0. The fourth-order valence-electron chi connectivity index (χ4n) is 4.31. The Kier molecular flexibility index (Phi) is 13.7. The molecule has 1 aromatic rings. The van der Waals surface area contributed by atoms with E-state index in [0.29, 0.717) is 31.2 Å². The Morgan fingerprint density at radius 1 is 0.925 bits per heavy atom. The zero-order valence-corrected chi connectivity index (χ0v) is 24.0. The van der Waals surface area contributed by atoms with E-state index in [0.717, 1.165) is 32.1 Å². The fourth-order valence-corrected chi connectivity index (χ4v) is 4.31. The van der Waals surface area contributed by atoms with Gasteiger partial charge in [-0.05, 0) is 57.2 Å². The van der Waals surface area contributed by atoms with Gasteiger partial charge >= 0.3 is 24.2 Å². The second-order valence-electron chi connectivity index (χ2n) is 10.3. The summed E-state index contributed by atoms with van der Waals surface area (Å²) in [5, 5.41) is 13.2. The third-order valence-corrected chi connectivity index (χ3v) is 6.36. The molecule has 1 fully saturated rings. The highest BCUT2D eigenvalue weighted by molar-refractivity contribution is 5.83. The Bertz CT molecular complexity index is 989. The number of ether oxygens (including phenoxy) is 5. The highest BCUT2D eigenvalue weighted by atomic mass is 16.7. The van der Waals surface area contributed by atoms with Crippen LogP contribution in [0.4, 0.5) is 9.59 Å². The Balaban J connectivity index is 2.35. The van der Waals surface area contributed by atoms with Crippen molar-refractivity contribution in [1.29, 1.82) is 0 Å². The Morgan fingerprint density at radius 3 is 2.02 bits per heavy atom. The molecule has 0 spiro atoms. The summed E-state index contributed by atoms with van der Waals surface area (Å²) in [5.41, 5.74) is -1.74. The van der Waals surface area contributed by atoms with Crippen LogP contribution in [0.15, 0.2) is 18.2 Å². The van der Waals surface area contributed by atoms with E-state index in [1.54, 1.807) is 13.8 Å². The summed E-state index contributed by atoms with van der Waals surface area (Å²) in [5.74, 6) is -2.59. The highest BCUT2D eigenvalue weighted by Gasteiger charge is 2.45. The van der Waals surface area contributed by atoms with Gasteiger partial charge in [0.15, 0.2) is 11.5 Å². The van der Waals surface area contributed by atoms with Gasteiger partial charge in [-0.3, -0.25) is 10.1 Å². The molecule has 224 valence electrons. The van der Waals surface area contributed by atoms with E-state index < -0.39 is 30.0 Å². The molecule has 1 aliphatic carbocycles. The average molecular weight is 566 g/mol. The summed E-state index contributed by atoms with van der Waals surface area (Å²) in [4.78, 5) is 50.1. The van der Waals surface area contributed by atoms with Crippen molar-refractivity contribution in [1.82, 2.24) is 5.32 Å². The van der Waals surface area contributed by atoms with E-state index in [9.17, 15) is 24.3 Å². The number of hydrogen-bond acceptors (Lipinski definition) is 10. The molecule has 2 rings (SSSR count). The maximum absolute atomic E-state index is 13.0. The van der Waals surface area contributed by atoms with Crippen molar-refractivity contribution in [3.05, 3.63) is 23.8 Å². The SMILES string of the molecule is CCCCOC(=O)Oc1ccc(C[C@](NC(C)C)(OC(=O)C2CCCCC2)C(=O)O)cc1OC(=O)OCCCC. The van der Waals surface area contributed by atoms with E-state index in [4.69, 9.17) is 23.7 Å². The summed E-state index contributed by atoms with van der Waals surface area (Å²) in [6.07, 6.45) is 4.73. The molecule has 0 amide bonds. The summed E-state index contributed by atoms with van der Waals surface area (Å²) in [6.45, 7) is 7.68. The molecule has 0 bridgehead atoms. The smallest absolute Gasteiger partial charge is 0.477 e. The van der Waals surface area contributed by atoms with Gasteiger partial charge in [-0.15, -0.1) is 0 Å². The zero-order valence-electron chi connectivity index (χ0n) is 24.0. The Hall–Kier alpha value is -3.34. The summed E-state index contributed by atoms with van der Waals surface area (Å²) < 4.78 is 26.4. The second-order valence-corrected chi connectivity index (χ2v) is 10.3. The fraction of sp³-hybridized carbons (Fsp3) is 0.655. The van der Waals surface area contributed by atoms with Crippen molar-refractivity contribution >= 4 is 24.2 Å². The molecule has 11 heteroatoms. The highest BCUT2D eigenvalue weighted by Crippen LogP contribution is 2.32. The number of carbonyl (C=O) groups excluding carboxylic acids is 3. The maximum Gasteiger partial charge on any atom is 0.513 e. The molecule has 1 atom stereocenters. The number of hydrogen-bond donors (Lipinski definition) is 2. The first-order valence-corrected chi connectivity index (χ1v) is 14.2. The van der Waals surface area contributed by atoms with Gasteiger partial charge in [0.1, 0.15) is 0 Å². The Morgan fingerprint density at radius 2 is 1.50 bits per heavy atom. The lowest BCUT2D eigenvalue weighted by molar-refractivity contribution is -0.188. The molecule has 1 aromatic carbocycles. The molecule has 1 aliphatic rings. The van der Waals surface area contributed by atoms with E-state index in [2.05, 4.69) is 5.32 Å². The number of unbranched alkanes of at least 4 members (excludes halogenated alkanes) is 2. The number of carboxylic acids is 1. The molecular formula is C29H43NO10. The van der Waals surface area contributed by atoms with Crippen LogP contribution in [0.25, 0.3) is 0 Å². The minimum absolute atomic E-state index is 0.116. The predicted octanol–water partition coefficient (Wildman–Crippen LogP) is 5.76. The second kappa shape index (κ2) is 16.7. The van der Waals surface area contributed by atoms with Crippen molar-refractivity contribution in [2.75, 3.05) is 13.2 Å². The van der Waals surface area contributed by atoms with Crippen molar-refractivity contribution in [3.63, 3.8) is 0 Å². The lowest BCUT2D eigenvalue weighted by Crippen LogP contribution is -2.59. The lowest BCUT2D eigenvalue weighted by Gasteiger charge is -2.34. The van der Waals surface area contributed by atoms with Gasteiger partial charge < -0.3 is 28.8 Å². The van der Waals surface area contributed by atoms with E-state index in [1.165, 1.54) is 18.2 Å². The number of esters is 1. The third kappa shape index (κ3) is 10.7. The van der Waals surface area contributed by atoms with Crippen LogP contribution in [-0.2, 0) is 30.2 Å². The Labute approximate surface area is 235 Å². The average Bonchev–Trinajstić information content (AvgIpc) is 2.90. The van der Waals surface area contributed by atoms with E-state index >= 15 is 0 Å². The molecule has 0 aliphatic heterocycles. The number of benzene rings is 1. The van der Waals surface area contributed by atoms with Gasteiger partial charge in [-0.25, -0.2) is 14.4 Å². The molecule has 0 radical (unpaired) electrons. The van der Waals surface area contributed by atoms with Crippen molar-refractivity contribution in [2.45, 2.75) is 104 Å². The van der Waals surface area contributed by atoms with Crippen molar-refractivity contribution in [2.24, 2.45) is 5.92 Å². The number of carbonyl (C=O) groups is 4. The number of nitrogens with one attached hydrogen (secondary N) is 1. The molecule has 40 heavy (non-hydrogen) atoms. The van der Waals surface area contributed by atoms with Crippen LogP contribution in [0, 0.1) is 5.92 Å². The van der Waals surface area contributed by atoms with Gasteiger partial charge in [0.2, 0.25) is 0 Å². The molecule has 0 saturated heterocycles. The number of rotatable bonds is 15. The molecule has 1 saturated carbocycles. The lowest BCUT2D eigenvalue weighted by atomic mass is 9.89.